The standard InChI is InChI=1S/C11H20N2O2/c1-15-8-11(14)13-7-3-5-10(13)9-4-2-6-12-9/h9-10,12H,2-8H2,1H3. The van der Waals surface area contributed by atoms with Crippen LogP contribution in [0.2, 0.25) is 0 Å². The Morgan fingerprint density at radius 1 is 1.47 bits per heavy atom. The number of carbonyl (C=O) groups is 1. The molecule has 0 aliphatic carbocycles. The Kier molecular flexibility index (Phi) is 3.59. The Morgan fingerprint density at radius 3 is 3.00 bits per heavy atom. The first-order valence-electron chi connectivity index (χ1n) is 5.84. The molecule has 0 aromatic rings. The van der Waals surface area contributed by atoms with E-state index in [1.165, 1.54) is 12.8 Å². The molecule has 1 amide bonds. The number of ether oxygens (including phenoxy) is 1. The smallest absolute Gasteiger partial charge is 0.248 e. The van der Waals surface area contributed by atoms with Crippen molar-refractivity contribution in [2.75, 3.05) is 26.8 Å². The van der Waals surface area contributed by atoms with Crippen LogP contribution in [-0.2, 0) is 9.53 Å². The van der Waals surface area contributed by atoms with Gasteiger partial charge in [0.1, 0.15) is 6.61 Å². The molecule has 0 aromatic heterocycles. The van der Waals surface area contributed by atoms with E-state index >= 15 is 0 Å². The number of hydrogen-bond acceptors (Lipinski definition) is 3. The molecule has 0 aromatic carbocycles. The zero-order valence-electron chi connectivity index (χ0n) is 9.37. The Hall–Kier alpha value is -0.610. The van der Waals surface area contributed by atoms with E-state index in [9.17, 15) is 4.79 Å². The molecule has 2 atom stereocenters. The zero-order valence-corrected chi connectivity index (χ0v) is 9.37. The van der Waals surface area contributed by atoms with E-state index in [4.69, 9.17) is 4.74 Å². The summed E-state index contributed by atoms with van der Waals surface area (Å²) < 4.78 is 4.92. The lowest BCUT2D eigenvalue weighted by atomic mass is 10.0. The van der Waals surface area contributed by atoms with Crippen LogP contribution in [0.1, 0.15) is 25.7 Å². The molecule has 4 heteroatoms. The van der Waals surface area contributed by atoms with Crippen LogP contribution < -0.4 is 5.32 Å². The van der Waals surface area contributed by atoms with Crippen LogP contribution in [-0.4, -0.2) is 49.7 Å². The van der Waals surface area contributed by atoms with Crippen LogP contribution in [0, 0.1) is 0 Å². The minimum absolute atomic E-state index is 0.147. The molecular weight excluding hydrogens is 192 g/mol. The number of nitrogens with zero attached hydrogens (tertiary/aromatic N) is 1. The summed E-state index contributed by atoms with van der Waals surface area (Å²) in [7, 11) is 1.58. The van der Waals surface area contributed by atoms with Gasteiger partial charge in [0.25, 0.3) is 0 Å². The molecule has 0 saturated carbocycles. The lowest BCUT2D eigenvalue weighted by molar-refractivity contribution is -0.136. The number of hydrogen-bond donors (Lipinski definition) is 1. The van der Waals surface area contributed by atoms with Crippen LogP contribution in [0.5, 0.6) is 0 Å². The third-order valence-electron chi connectivity index (χ3n) is 3.45. The predicted octanol–water partition coefficient (Wildman–Crippen LogP) is 0.376. The molecule has 0 radical (unpaired) electrons. The van der Waals surface area contributed by atoms with Crippen molar-refractivity contribution in [2.45, 2.75) is 37.8 Å². The van der Waals surface area contributed by atoms with Gasteiger partial charge in [-0.2, -0.15) is 0 Å². The van der Waals surface area contributed by atoms with E-state index in [1.54, 1.807) is 7.11 Å². The van der Waals surface area contributed by atoms with E-state index < -0.39 is 0 Å². The van der Waals surface area contributed by atoms with Crippen molar-refractivity contribution >= 4 is 5.91 Å². The number of amides is 1. The summed E-state index contributed by atoms with van der Waals surface area (Å²) in [6.07, 6.45) is 4.74. The molecule has 0 bridgehead atoms. The number of likely N-dealkylation sites (tertiary alicyclic amines) is 1. The summed E-state index contributed by atoms with van der Waals surface area (Å²) in [6, 6.07) is 0.934. The van der Waals surface area contributed by atoms with Crippen molar-refractivity contribution in [3.05, 3.63) is 0 Å². The van der Waals surface area contributed by atoms with E-state index in [1.807, 2.05) is 4.90 Å². The maximum Gasteiger partial charge on any atom is 0.248 e. The van der Waals surface area contributed by atoms with Crippen molar-refractivity contribution in [1.82, 2.24) is 10.2 Å². The van der Waals surface area contributed by atoms with Crippen molar-refractivity contribution < 1.29 is 9.53 Å². The van der Waals surface area contributed by atoms with Gasteiger partial charge in [0.2, 0.25) is 5.91 Å². The molecule has 2 unspecified atom stereocenters. The van der Waals surface area contributed by atoms with Crippen molar-refractivity contribution in [1.29, 1.82) is 0 Å². The fourth-order valence-corrected chi connectivity index (χ4v) is 2.77. The third-order valence-corrected chi connectivity index (χ3v) is 3.45. The SMILES string of the molecule is COCC(=O)N1CCCC1C1CCCN1. The highest BCUT2D eigenvalue weighted by atomic mass is 16.5. The fourth-order valence-electron chi connectivity index (χ4n) is 2.77. The first-order chi connectivity index (χ1) is 7.33. The number of rotatable bonds is 3. The minimum Gasteiger partial charge on any atom is -0.375 e. The summed E-state index contributed by atoms with van der Waals surface area (Å²) in [5, 5.41) is 3.49. The van der Waals surface area contributed by atoms with Crippen LogP contribution in [0.4, 0.5) is 0 Å². The van der Waals surface area contributed by atoms with Gasteiger partial charge in [-0.1, -0.05) is 0 Å². The molecule has 2 fully saturated rings. The molecule has 15 heavy (non-hydrogen) atoms. The quantitative estimate of drug-likeness (QED) is 0.735. The van der Waals surface area contributed by atoms with Gasteiger partial charge in [-0.3, -0.25) is 4.79 Å². The maximum atomic E-state index is 11.8. The van der Waals surface area contributed by atoms with Crippen molar-refractivity contribution in [3.8, 4) is 0 Å². The molecular formula is C11H20N2O2. The molecule has 2 aliphatic rings. The summed E-state index contributed by atoms with van der Waals surface area (Å²) in [5.74, 6) is 0.147. The summed E-state index contributed by atoms with van der Waals surface area (Å²) in [4.78, 5) is 13.8. The lowest BCUT2D eigenvalue weighted by Crippen LogP contribution is -2.47. The van der Waals surface area contributed by atoms with E-state index in [0.29, 0.717) is 12.1 Å². The monoisotopic (exact) mass is 212 g/mol. The average Bonchev–Trinajstić information content (AvgIpc) is 2.88. The molecule has 2 rings (SSSR count). The Balaban J connectivity index is 1.94. The van der Waals surface area contributed by atoms with Gasteiger partial charge in [-0.05, 0) is 32.2 Å². The second-order valence-electron chi connectivity index (χ2n) is 4.43. The summed E-state index contributed by atoms with van der Waals surface area (Å²) in [5.41, 5.74) is 0. The lowest BCUT2D eigenvalue weighted by Gasteiger charge is -2.29. The topological polar surface area (TPSA) is 41.6 Å². The largest absolute Gasteiger partial charge is 0.375 e. The molecule has 2 heterocycles. The molecule has 86 valence electrons. The van der Waals surface area contributed by atoms with Crippen LogP contribution >= 0.6 is 0 Å². The van der Waals surface area contributed by atoms with E-state index in [-0.39, 0.29) is 12.5 Å². The minimum atomic E-state index is 0.147. The van der Waals surface area contributed by atoms with Gasteiger partial charge in [0, 0.05) is 25.7 Å². The molecule has 0 spiro atoms. The Bertz CT molecular complexity index is 227. The predicted molar refractivity (Wildman–Crippen MR) is 57.6 cm³/mol. The molecule has 2 saturated heterocycles. The summed E-state index contributed by atoms with van der Waals surface area (Å²) >= 11 is 0. The van der Waals surface area contributed by atoms with Crippen LogP contribution in [0.3, 0.4) is 0 Å². The summed E-state index contributed by atoms with van der Waals surface area (Å²) in [6.45, 7) is 2.24. The van der Waals surface area contributed by atoms with Gasteiger partial charge >= 0.3 is 0 Å². The van der Waals surface area contributed by atoms with Gasteiger partial charge in [0.15, 0.2) is 0 Å². The number of nitrogens with one attached hydrogen (secondary N) is 1. The second kappa shape index (κ2) is 4.94. The van der Waals surface area contributed by atoms with Crippen molar-refractivity contribution in [2.24, 2.45) is 0 Å². The Labute approximate surface area is 91.0 Å². The highest BCUT2D eigenvalue weighted by Crippen LogP contribution is 2.24. The van der Waals surface area contributed by atoms with E-state index in [0.717, 1.165) is 25.9 Å². The highest BCUT2D eigenvalue weighted by molar-refractivity contribution is 5.78. The molecule has 2 aliphatic heterocycles. The first kappa shape index (κ1) is 10.9. The van der Waals surface area contributed by atoms with Crippen LogP contribution in [0.15, 0.2) is 0 Å². The van der Waals surface area contributed by atoms with Gasteiger partial charge < -0.3 is 15.0 Å². The first-order valence-corrected chi connectivity index (χ1v) is 5.84. The zero-order chi connectivity index (χ0) is 10.7. The second-order valence-corrected chi connectivity index (χ2v) is 4.43. The number of carbonyl (C=O) groups excluding carboxylic acids is 1. The normalized spacial score (nSPS) is 31.1. The van der Waals surface area contributed by atoms with Gasteiger partial charge in [0.05, 0.1) is 0 Å². The highest BCUT2D eigenvalue weighted by Gasteiger charge is 2.35. The fraction of sp³-hybridized carbons (Fsp3) is 0.909. The number of methoxy groups -OCH3 is 1. The van der Waals surface area contributed by atoms with E-state index in [2.05, 4.69) is 5.32 Å². The van der Waals surface area contributed by atoms with Gasteiger partial charge in [-0.15, -0.1) is 0 Å². The Morgan fingerprint density at radius 2 is 2.33 bits per heavy atom. The average molecular weight is 212 g/mol. The molecule has 1 N–H and O–H groups in total. The maximum absolute atomic E-state index is 11.8. The van der Waals surface area contributed by atoms with Crippen LogP contribution in [0.25, 0.3) is 0 Å². The van der Waals surface area contributed by atoms with Crippen molar-refractivity contribution in [3.63, 3.8) is 0 Å². The molecule has 4 nitrogen and oxygen atoms in total. The third kappa shape index (κ3) is 2.32. The van der Waals surface area contributed by atoms with Gasteiger partial charge in [-0.25, -0.2) is 0 Å².